The van der Waals surface area contributed by atoms with Crippen LogP contribution in [0.1, 0.15) is 32.6 Å². The minimum absolute atomic E-state index is 0.375. The van der Waals surface area contributed by atoms with Crippen molar-refractivity contribution in [1.29, 1.82) is 0 Å². The predicted molar refractivity (Wildman–Crippen MR) is 98.7 cm³/mol. The maximum atomic E-state index is 3.58. The van der Waals surface area contributed by atoms with Crippen molar-refractivity contribution in [1.82, 2.24) is 10.6 Å². The number of nitrogens with one attached hydrogen (secondary N) is 2. The molecular weight excluding hydrogens is 308 g/mol. The largest absolute Gasteiger partial charge is 0.294 e. The summed E-state index contributed by atoms with van der Waals surface area (Å²) in [6.45, 7) is 4.53. The van der Waals surface area contributed by atoms with Gasteiger partial charge in [0.25, 0.3) is 0 Å². The summed E-state index contributed by atoms with van der Waals surface area (Å²) in [5, 5.41) is 7.64. The Balaban J connectivity index is 1.53. The molecule has 2 saturated heterocycles. The van der Waals surface area contributed by atoms with Crippen LogP contribution in [0.25, 0.3) is 0 Å². The molecule has 2 N–H and O–H groups in total. The van der Waals surface area contributed by atoms with Crippen molar-refractivity contribution in [2.75, 3.05) is 24.6 Å². The highest BCUT2D eigenvalue weighted by Gasteiger charge is 2.28. The molecule has 0 amide bonds. The number of thioether (sulfide) groups is 2. The first-order valence-electron chi connectivity index (χ1n) is 8.57. The van der Waals surface area contributed by atoms with Gasteiger partial charge in [-0.3, -0.25) is 10.6 Å². The van der Waals surface area contributed by atoms with Crippen molar-refractivity contribution in [3.8, 4) is 23.7 Å². The van der Waals surface area contributed by atoms with Crippen LogP contribution in [0.3, 0.4) is 0 Å². The number of rotatable bonds is 1. The zero-order chi connectivity index (χ0) is 15.2. The highest BCUT2D eigenvalue weighted by atomic mass is 32.2. The van der Waals surface area contributed by atoms with Gasteiger partial charge in [-0.15, -0.1) is 23.5 Å². The summed E-state index contributed by atoms with van der Waals surface area (Å²) in [5.74, 6) is 18.3. The second-order valence-corrected chi connectivity index (χ2v) is 8.70. The van der Waals surface area contributed by atoms with Crippen molar-refractivity contribution >= 4 is 23.5 Å². The molecule has 22 heavy (non-hydrogen) atoms. The summed E-state index contributed by atoms with van der Waals surface area (Å²) in [4.78, 5) is 0. The second-order valence-electron chi connectivity index (χ2n) is 6.27. The van der Waals surface area contributed by atoms with Gasteiger partial charge in [0.05, 0.1) is 0 Å². The summed E-state index contributed by atoms with van der Waals surface area (Å²) in [6, 6.07) is 0. The van der Waals surface area contributed by atoms with E-state index in [4.69, 9.17) is 0 Å². The molecular formula is C18H26N2S2. The van der Waals surface area contributed by atoms with Gasteiger partial charge in [0.2, 0.25) is 0 Å². The topological polar surface area (TPSA) is 24.1 Å². The minimum Gasteiger partial charge on any atom is -0.294 e. The summed E-state index contributed by atoms with van der Waals surface area (Å²) in [6.07, 6.45) is 4.93. The molecule has 0 radical (unpaired) electrons. The van der Waals surface area contributed by atoms with E-state index in [1.165, 1.54) is 37.2 Å². The van der Waals surface area contributed by atoms with Crippen LogP contribution in [-0.2, 0) is 0 Å². The Morgan fingerprint density at radius 2 is 1.59 bits per heavy atom. The van der Waals surface area contributed by atoms with Crippen molar-refractivity contribution in [2.24, 2.45) is 17.8 Å². The molecule has 2 nitrogen and oxygen atoms in total. The van der Waals surface area contributed by atoms with Gasteiger partial charge < -0.3 is 0 Å². The average Bonchev–Trinajstić information content (AvgIpc) is 3.24. The Labute approximate surface area is 143 Å². The van der Waals surface area contributed by atoms with Crippen LogP contribution in [-0.4, -0.2) is 35.3 Å². The summed E-state index contributed by atoms with van der Waals surface area (Å²) in [7, 11) is 0. The fourth-order valence-electron chi connectivity index (χ4n) is 3.45. The van der Waals surface area contributed by atoms with Gasteiger partial charge in [-0.2, -0.15) is 0 Å². The third kappa shape index (κ3) is 4.62. The van der Waals surface area contributed by atoms with E-state index in [0.717, 1.165) is 19.0 Å². The minimum atomic E-state index is 0.375. The molecule has 4 heteroatoms. The van der Waals surface area contributed by atoms with Gasteiger partial charge >= 0.3 is 0 Å². The molecule has 0 aromatic rings. The quantitative estimate of drug-likeness (QED) is 0.720. The molecule has 3 fully saturated rings. The van der Waals surface area contributed by atoms with Crippen molar-refractivity contribution in [3.63, 3.8) is 0 Å². The van der Waals surface area contributed by atoms with Gasteiger partial charge in [-0.05, 0) is 25.2 Å². The van der Waals surface area contributed by atoms with Crippen LogP contribution in [0.4, 0.5) is 0 Å². The molecule has 5 unspecified atom stereocenters. The van der Waals surface area contributed by atoms with Crippen LogP contribution >= 0.6 is 23.5 Å². The zero-order valence-corrected chi connectivity index (χ0v) is 15.0. The lowest BCUT2D eigenvalue weighted by atomic mass is 9.73. The van der Waals surface area contributed by atoms with E-state index in [0.29, 0.717) is 22.6 Å². The zero-order valence-electron chi connectivity index (χ0n) is 13.4. The predicted octanol–water partition coefficient (Wildman–Crippen LogP) is 2.76. The SMILES string of the molecule is CCC1CC(C#CC2NCCS2)CCC1C#CC1NCCS1. The fourth-order valence-corrected chi connectivity index (χ4v) is 5.17. The Morgan fingerprint density at radius 3 is 2.18 bits per heavy atom. The van der Waals surface area contributed by atoms with E-state index in [2.05, 4.69) is 41.2 Å². The van der Waals surface area contributed by atoms with E-state index in [-0.39, 0.29) is 0 Å². The Morgan fingerprint density at radius 1 is 0.909 bits per heavy atom. The van der Waals surface area contributed by atoms with Crippen LogP contribution in [0.2, 0.25) is 0 Å². The first-order valence-corrected chi connectivity index (χ1v) is 10.7. The van der Waals surface area contributed by atoms with E-state index >= 15 is 0 Å². The van der Waals surface area contributed by atoms with Crippen molar-refractivity contribution in [2.45, 2.75) is 43.4 Å². The first kappa shape index (κ1) is 16.6. The lowest BCUT2D eigenvalue weighted by molar-refractivity contribution is 0.248. The second kappa shape index (κ2) is 8.55. The molecule has 0 aromatic carbocycles. The summed E-state index contributed by atoms with van der Waals surface area (Å²) in [5.41, 5.74) is 0. The number of hydrogen-bond acceptors (Lipinski definition) is 4. The molecule has 2 heterocycles. The molecule has 120 valence electrons. The molecule has 1 aliphatic carbocycles. The third-order valence-electron chi connectivity index (χ3n) is 4.76. The molecule has 0 spiro atoms. The Hall–Kier alpha value is -0.260. The first-order chi connectivity index (χ1) is 10.8. The van der Waals surface area contributed by atoms with E-state index in [9.17, 15) is 0 Å². The standard InChI is InChI=1S/C18H26N2S2/c1-2-15-13-14(4-7-17-19-9-11-21-17)3-5-16(15)6-8-18-20-10-12-22-18/h14-20H,2-3,5,9-13H2,1H3. The highest BCUT2D eigenvalue weighted by molar-refractivity contribution is 8.00. The maximum Gasteiger partial charge on any atom is 0.116 e. The smallest absolute Gasteiger partial charge is 0.116 e. The normalized spacial score (nSPS) is 38.0. The van der Waals surface area contributed by atoms with Gasteiger partial charge in [0.15, 0.2) is 0 Å². The lowest BCUT2D eigenvalue weighted by Crippen LogP contribution is -2.24. The average molecular weight is 335 g/mol. The van der Waals surface area contributed by atoms with E-state index in [1.807, 2.05) is 23.5 Å². The maximum absolute atomic E-state index is 3.58. The molecule has 2 aliphatic heterocycles. The van der Waals surface area contributed by atoms with Crippen molar-refractivity contribution in [3.05, 3.63) is 0 Å². The summed E-state index contributed by atoms with van der Waals surface area (Å²) >= 11 is 3.89. The molecule has 3 aliphatic rings. The lowest BCUT2D eigenvalue weighted by Gasteiger charge is -2.30. The molecule has 0 aromatic heterocycles. The van der Waals surface area contributed by atoms with Crippen LogP contribution < -0.4 is 10.6 Å². The summed E-state index contributed by atoms with van der Waals surface area (Å²) < 4.78 is 0. The number of hydrogen-bond donors (Lipinski definition) is 2. The van der Waals surface area contributed by atoms with Crippen LogP contribution in [0.5, 0.6) is 0 Å². The van der Waals surface area contributed by atoms with Crippen LogP contribution in [0, 0.1) is 41.4 Å². The van der Waals surface area contributed by atoms with Gasteiger partial charge in [0, 0.05) is 36.4 Å². The molecule has 1 saturated carbocycles. The highest BCUT2D eigenvalue weighted by Crippen LogP contribution is 2.35. The fraction of sp³-hybridized carbons (Fsp3) is 0.778. The Bertz CT molecular complexity index is 473. The van der Waals surface area contributed by atoms with E-state index in [1.54, 1.807) is 0 Å². The van der Waals surface area contributed by atoms with Crippen molar-refractivity contribution < 1.29 is 0 Å². The molecule has 3 rings (SSSR count). The van der Waals surface area contributed by atoms with E-state index < -0.39 is 0 Å². The Kier molecular flexibility index (Phi) is 6.45. The third-order valence-corrected chi connectivity index (χ3v) is 6.87. The van der Waals surface area contributed by atoms with Gasteiger partial charge in [0.1, 0.15) is 10.7 Å². The molecule has 5 atom stereocenters. The van der Waals surface area contributed by atoms with Gasteiger partial charge in [-0.1, -0.05) is 37.0 Å². The van der Waals surface area contributed by atoms with Gasteiger partial charge in [-0.25, -0.2) is 0 Å². The molecule has 0 bridgehead atoms. The monoisotopic (exact) mass is 334 g/mol. The van der Waals surface area contributed by atoms with Crippen LogP contribution in [0.15, 0.2) is 0 Å².